The van der Waals surface area contributed by atoms with Crippen LogP contribution in [0.1, 0.15) is 142 Å². The van der Waals surface area contributed by atoms with Gasteiger partial charge in [0.05, 0.1) is 0 Å². The van der Waals surface area contributed by atoms with Crippen LogP contribution in [-0.4, -0.2) is 43.8 Å². The molecule has 0 radical (unpaired) electrons. The van der Waals surface area contributed by atoms with E-state index < -0.39 is 17.9 Å². The smallest absolute Gasteiger partial charge is 0.550 e. The van der Waals surface area contributed by atoms with Gasteiger partial charge >= 0.3 is 25.8 Å². The molecule has 0 N–H and O–H groups in total. The van der Waals surface area contributed by atoms with Gasteiger partial charge in [-0.3, -0.25) is 0 Å². The van der Waals surface area contributed by atoms with Crippen molar-refractivity contribution in [2.45, 2.75) is 142 Å². The molecule has 37 heavy (non-hydrogen) atoms. The molecule has 0 saturated heterocycles. The minimum absolute atomic E-state index is 0. The van der Waals surface area contributed by atoms with Gasteiger partial charge in [0.2, 0.25) is 0 Å². The molecule has 0 aromatic heterocycles. The average Bonchev–Trinajstić information content (AvgIpc) is 2.33. The molecule has 0 aliphatic rings. The van der Waals surface area contributed by atoms with Crippen LogP contribution in [-0.2, 0) is 14.4 Å². The molecule has 0 bridgehead atoms. The van der Waals surface area contributed by atoms with Gasteiger partial charge in [-0.25, -0.2) is 0 Å². The van der Waals surface area contributed by atoms with Crippen LogP contribution in [0.3, 0.4) is 0 Å². The fourth-order valence-corrected chi connectivity index (χ4v) is 5.67. The van der Waals surface area contributed by atoms with Crippen LogP contribution in [0, 0.1) is 32.5 Å². The molecule has 0 aromatic carbocycles. The molecule has 0 amide bonds. The van der Waals surface area contributed by atoms with Crippen molar-refractivity contribution in [2.24, 2.45) is 32.5 Å². The van der Waals surface area contributed by atoms with E-state index in [-0.39, 0.29) is 77.6 Å². The van der Waals surface area contributed by atoms with E-state index in [0.29, 0.717) is 0 Å². The predicted octanol–water partition coefficient (Wildman–Crippen LogP) is 4.39. The molecule has 0 atom stereocenters. The Bertz CT molecular complexity index is 591. The Labute approximate surface area is 247 Å². The maximum atomic E-state index is 10.4. The van der Waals surface area contributed by atoms with Crippen molar-refractivity contribution in [3.63, 3.8) is 0 Å². The normalized spacial score (nSPS) is 12.7. The van der Waals surface area contributed by atoms with Crippen LogP contribution in [0.2, 0.25) is 0 Å². The molecule has 0 aliphatic heterocycles. The van der Waals surface area contributed by atoms with Crippen LogP contribution in [0.5, 0.6) is 0 Å². The molecule has 0 saturated carbocycles. The summed E-state index contributed by atoms with van der Waals surface area (Å²) < 4.78 is 0. The largest absolute Gasteiger partial charge is 3.00 e. The first-order valence-electron chi connectivity index (χ1n) is 13.0. The Kier molecular flexibility index (Phi) is 19.2. The minimum Gasteiger partial charge on any atom is -0.550 e. The molecule has 0 rings (SSSR count). The molecule has 0 unspecified atom stereocenters. The van der Waals surface area contributed by atoms with E-state index in [4.69, 9.17) is 0 Å². The topological polar surface area (TPSA) is 120 Å². The Morgan fingerprint density at radius 1 is 0.405 bits per heavy atom. The van der Waals surface area contributed by atoms with E-state index in [0.717, 1.165) is 19.3 Å². The van der Waals surface area contributed by atoms with Gasteiger partial charge in [-0.2, -0.15) is 0 Å². The zero-order valence-electron chi connectivity index (χ0n) is 26.8. The quantitative estimate of drug-likeness (QED) is 0.374. The summed E-state index contributed by atoms with van der Waals surface area (Å²) in [4.78, 5) is 31.2. The number of carbonyl (C=O) groups is 3. The third kappa shape index (κ3) is 37.5. The zero-order chi connectivity index (χ0) is 30.0. The molecule has 6 nitrogen and oxygen atoms in total. The van der Waals surface area contributed by atoms with E-state index in [1.165, 1.54) is 0 Å². The number of aliphatic carboxylic acids is 3. The standard InChI is InChI=1S/3C10H20O2.In/c3*1-9(2,3)7-10(4,5)6-8(11)12;/h3*6-7H2,1-5H3,(H,11,12);/q;;;+3/p-3. The second-order valence-electron chi connectivity index (χ2n) is 16.4. The van der Waals surface area contributed by atoms with Crippen molar-refractivity contribution in [1.29, 1.82) is 0 Å². The molecule has 0 aromatic rings. The van der Waals surface area contributed by atoms with Crippen molar-refractivity contribution in [3.8, 4) is 0 Å². The Morgan fingerprint density at radius 2 is 0.541 bits per heavy atom. The summed E-state index contributed by atoms with van der Waals surface area (Å²) in [5, 5.41) is 31.2. The average molecular weight is 629 g/mol. The Hall–Kier alpha value is -0.720. The monoisotopic (exact) mass is 628 g/mol. The second-order valence-corrected chi connectivity index (χ2v) is 16.4. The fraction of sp³-hybridized carbons (Fsp3) is 0.900. The first kappa shape index (κ1) is 43.3. The zero-order valence-corrected chi connectivity index (χ0v) is 30.1. The van der Waals surface area contributed by atoms with E-state index >= 15 is 0 Å². The predicted molar refractivity (Wildman–Crippen MR) is 148 cm³/mol. The van der Waals surface area contributed by atoms with Gasteiger partial charge in [0.25, 0.3) is 0 Å². The van der Waals surface area contributed by atoms with Gasteiger partial charge in [0.1, 0.15) is 0 Å². The number of hydrogen-bond donors (Lipinski definition) is 0. The fourth-order valence-electron chi connectivity index (χ4n) is 5.67. The van der Waals surface area contributed by atoms with Crippen molar-refractivity contribution in [2.75, 3.05) is 0 Å². The molecule has 7 heteroatoms. The van der Waals surface area contributed by atoms with Gasteiger partial charge < -0.3 is 29.7 Å². The van der Waals surface area contributed by atoms with Crippen molar-refractivity contribution < 1.29 is 29.7 Å². The summed E-state index contributed by atoms with van der Waals surface area (Å²) in [6.45, 7) is 30.8. The molecule has 0 aliphatic carbocycles. The van der Waals surface area contributed by atoms with Gasteiger partial charge in [0, 0.05) is 17.9 Å². The van der Waals surface area contributed by atoms with Crippen molar-refractivity contribution in [3.05, 3.63) is 0 Å². The van der Waals surface area contributed by atoms with Crippen LogP contribution in [0.15, 0.2) is 0 Å². The summed E-state index contributed by atoms with van der Waals surface area (Å²) in [7, 11) is 0. The van der Waals surface area contributed by atoms with E-state index in [1.54, 1.807) is 0 Å². The first-order chi connectivity index (χ1) is 15.4. The van der Waals surface area contributed by atoms with Crippen LogP contribution in [0.25, 0.3) is 0 Å². The molecule has 0 spiro atoms. The first-order valence-corrected chi connectivity index (χ1v) is 13.0. The third-order valence-electron chi connectivity index (χ3n) is 4.90. The van der Waals surface area contributed by atoms with Crippen molar-refractivity contribution >= 4 is 43.8 Å². The maximum absolute atomic E-state index is 10.4. The van der Waals surface area contributed by atoms with Crippen LogP contribution < -0.4 is 15.3 Å². The minimum atomic E-state index is -0.954. The SMILES string of the molecule is CC(C)(C)CC(C)(C)CC(=O)[O-].CC(C)(C)CC(C)(C)CC(=O)[O-].CC(C)(C)CC(C)(C)CC(=O)[O-].[In+3]. The number of rotatable bonds is 9. The van der Waals surface area contributed by atoms with E-state index in [9.17, 15) is 29.7 Å². The molecular formula is C30H57InO6. The summed E-state index contributed by atoms with van der Waals surface area (Å²) in [5.41, 5.74) is 0.0715. The second kappa shape index (κ2) is 16.4. The number of carboxylic acids is 3. The van der Waals surface area contributed by atoms with Crippen LogP contribution >= 0.6 is 0 Å². The van der Waals surface area contributed by atoms with E-state index in [1.807, 2.05) is 41.5 Å². The molecular weight excluding hydrogens is 571 g/mol. The maximum Gasteiger partial charge on any atom is 3.00 e. The number of carbonyl (C=O) groups excluding carboxylic acids is 3. The van der Waals surface area contributed by atoms with E-state index in [2.05, 4.69) is 62.3 Å². The number of carboxylic acid groups (broad SMARTS) is 3. The molecule has 216 valence electrons. The van der Waals surface area contributed by atoms with Gasteiger partial charge in [-0.15, -0.1) is 0 Å². The third-order valence-corrected chi connectivity index (χ3v) is 4.90. The Balaban J connectivity index is -0.000000218. The summed E-state index contributed by atoms with van der Waals surface area (Å²) in [5.74, 6) is -2.86. The summed E-state index contributed by atoms with van der Waals surface area (Å²) >= 11 is 0. The van der Waals surface area contributed by atoms with Gasteiger partial charge in [-0.05, 0) is 71.0 Å². The van der Waals surface area contributed by atoms with Crippen LogP contribution in [0.4, 0.5) is 0 Å². The number of hydrogen-bond acceptors (Lipinski definition) is 6. The molecule has 0 heterocycles. The molecule has 0 fully saturated rings. The van der Waals surface area contributed by atoms with Gasteiger partial charge in [0.15, 0.2) is 0 Å². The van der Waals surface area contributed by atoms with Gasteiger partial charge in [-0.1, -0.05) is 104 Å². The summed E-state index contributed by atoms with van der Waals surface area (Å²) in [6.07, 6.45) is 3.12. The Morgan fingerprint density at radius 3 is 0.622 bits per heavy atom. The summed E-state index contributed by atoms with van der Waals surface area (Å²) in [6, 6.07) is 0. The van der Waals surface area contributed by atoms with Crippen molar-refractivity contribution in [1.82, 2.24) is 0 Å².